The molecule has 2 heterocycles. The Morgan fingerprint density at radius 3 is 3.44 bits per heavy atom. The van der Waals surface area contributed by atoms with Gasteiger partial charge < -0.3 is 0 Å². The fourth-order valence-electron chi connectivity index (χ4n) is 0.666. The zero-order valence-electron chi connectivity index (χ0n) is 4.53. The van der Waals surface area contributed by atoms with Crippen LogP contribution in [0, 0.1) is 5.38 Å². The van der Waals surface area contributed by atoms with Gasteiger partial charge in [0, 0.05) is 10.8 Å². The molecule has 0 saturated carbocycles. The Bertz CT molecular complexity index is 285. The van der Waals surface area contributed by atoms with E-state index >= 15 is 0 Å². The lowest BCUT2D eigenvalue weighted by Crippen LogP contribution is -1.73. The molecule has 9 heavy (non-hydrogen) atoms. The van der Waals surface area contributed by atoms with Gasteiger partial charge in [-0.25, -0.2) is 0 Å². The maximum absolute atomic E-state index is 3.88. The molecular formula is C6H3N2S. The van der Waals surface area contributed by atoms with Gasteiger partial charge in [0.2, 0.25) is 0 Å². The van der Waals surface area contributed by atoms with Crippen LogP contribution in [0.5, 0.6) is 0 Å². The van der Waals surface area contributed by atoms with Crippen LogP contribution in [0.1, 0.15) is 0 Å². The van der Waals surface area contributed by atoms with E-state index in [-0.39, 0.29) is 0 Å². The first-order chi connectivity index (χ1) is 4.47. The van der Waals surface area contributed by atoms with Crippen LogP contribution in [0.4, 0.5) is 0 Å². The molecule has 0 spiro atoms. The number of aromatic nitrogens is 2. The first-order valence-corrected chi connectivity index (χ1v) is 3.36. The van der Waals surface area contributed by atoms with Crippen molar-refractivity contribution in [3.63, 3.8) is 0 Å². The van der Waals surface area contributed by atoms with Crippen molar-refractivity contribution in [2.24, 2.45) is 0 Å². The van der Waals surface area contributed by atoms with Crippen LogP contribution in [0.3, 0.4) is 0 Å². The lowest BCUT2D eigenvalue weighted by atomic mass is 10.4. The third-order valence-corrected chi connectivity index (χ3v) is 1.83. The van der Waals surface area contributed by atoms with Crippen LogP contribution < -0.4 is 0 Å². The molecule has 3 heteroatoms. The van der Waals surface area contributed by atoms with Crippen molar-refractivity contribution in [3.8, 4) is 0 Å². The van der Waals surface area contributed by atoms with Crippen molar-refractivity contribution in [1.82, 2.24) is 10.2 Å². The van der Waals surface area contributed by atoms with Crippen LogP contribution in [0.25, 0.3) is 10.2 Å². The third-order valence-electron chi connectivity index (χ3n) is 1.09. The number of nitrogens with zero attached hydrogens (tertiary/aromatic N) is 2. The maximum atomic E-state index is 3.88. The minimum Gasteiger partial charge on any atom is -0.158 e. The van der Waals surface area contributed by atoms with Crippen LogP contribution in [0.2, 0.25) is 0 Å². The molecule has 0 saturated heterocycles. The van der Waals surface area contributed by atoms with E-state index in [0.717, 1.165) is 10.2 Å². The van der Waals surface area contributed by atoms with Crippen LogP contribution in [-0.2, 0) is 0 Å². The van der Waals surface area contributed by atoms with Crippen LogP contribution >= 0.6 is 11.3 Å². The quantitative estimate of drug-likeness (QED) is 0.547. The first kappa shape index (κ1) is 4.88. The standard InChI is InChI=1S/C6H3N2S/c1-3-7-8-6-5(1)2-4-9-6/h1-3H. The summed E-state index contributed by atoms with van der Waals surface area (Å²) in [6.45, 7) is 0. The minimum absolute atomic E-state index is 0.956. The van der Waals surface area contributed by atoms with Gasteiger partial charge >= 0.3 is 0 Å². The highest BCUT2D eigenvalue weighted by molar-refractivity contribution is 7.16. The number of fused-ring (bicyclic) bond motifs is 1. The lowest BCUT2D eigenvalue weighted by molar-refractivity contribution is 1.09. The van der Waals surface area contributed by atoms with Gasteiger partial charge in [-0.05, 0) is 12.1 Å². The summed E-state index contributed by atoms with van der Waals surface area (Å²) in [5.74, 6) is 0. The second-order valence-electron chi connectivity index (χ2n) is 1.66. The maximum Gasteiger partial charge on any atom is 0.146 e. The predicted octanol–water partition coefficient (Wildman–Crippen LogP) is 1.49. The molecule has 0 bridgehead atoms. The average Bonchev–Trinajstić information content (AvgIpc) is 2.33. The summed E-state index contributed by atoms with van der Waals surface area (Å²) in [5, 5.41) is 11.7. The molecule has 0 fully saturated rings. The monoisotopic (exact) mass is 135 g/mol. The van der Waals surface area contributed by atoms with Gasteiger partial charge in [0.05, 0.1) is 6.20 Å². The number of thiophene rings is 1. The van der Waals surface area contributed by atoms with E-state index in [1.165, 1.54) is 11.3 Å². The number of hydrogen-bond donors (Lipinski definition) is 0. The Morgan fingerprint density at radius 1 is 1.56 bits per heavy atom. The van der Waals surface area contributed by atoms with Gasteiger partial charge in [-0.2, -0.15) is 5.10 Å². The van der Waals surface area contributed by atoms with Gasteiger partial charge in [-0.1, -0.05) is 0 Å². The highest BCUT2D eigenvalue weighted by atomic mass is 32.1. The molecule has 0 aromatic carbocycles. The van der Waals surface area contributed by atoms with Crippen molar-refractivity contribution in [2.75, 3.05) is 0 Å². The Morgan fingerprint density at radius 2 is 2.56 bits per heavy atom. The van der Waals surface area contributed by atoms with Crippen molar-refractivity contribution >= 4 is 21.6 Å². The first-order valence-electron chi connectivity index (χ1n) is 2.54. The zero-order valence-corrected chi connectivity index (χ0v) is 5.35. The van der Waals surface area contributed by atoms with Crippen LogP contribution in [0.15, 0.2) is 18.3 Å². The summed E-state index contributed by atoms with van der Waals surface area (Å²) in [6.07, 6.45) is 1.68. The summed E-state index contributed by atoms with van der Waals surface area (Å²) in [4.78, 5) is 0.956. The molecule has 2 nitrogen and oxygen atoms in total. The molecule has 2 aromatic heterocycles. The fraction of sp³-hybridized carbons (Fsp3) is 0. The van der Waals surface area contributed by atoms with E-state index in [9.17, 15) is 0 Å². The van der Waals surface area contributed by atoms with Gasteiger partial charge in [0.15, 0.2) is 0 Å². The van der Waals surface area contributed by atoms with E-state index in [1.54, 1.807) is 6.20 Å². The highest BCUT2D eigenvalue weighted by Crippen LogP contribution is 2.14. The van der Waals surface area contributed by atoms with Gasteiger partial charge in [-0.15, -0.1) is 16.4 Å². The summed E-state index contributed by atoms with van der Waals surface area (Å²) in [5.41, 5.74) is 0. The van der Waals surface area contributed by atoms with E-state index < -0.39 is 0 Å². The largest absolute Gasteiger partial charge is 0.158 e. The fourth-order valence-corrected chi connectivity index (χ4v) is 1.30. The third kappa shape index (κ3) is 0.695. The summed E-state index contributed by atoms with van der Waals surface area (Å²) >= 11 is 1.49. The second-order valence-corrected chi connectivity index (χ2v) is 2.48. The van der Waals surface area contributed by atoms with Crippen molar-refractivity contribution in [3.05, 3.63) is 23.7 Å². The normalized spacial score (nSPS) is 10.2. The molecule has 1 radical (unpaired) electrons. The summed E-state index contributed by atoms with van der Waals surface area (Å²) in [6, 6.07) is 3.84. The molecule has 2 aromatic rings. The van der Waals surface area contributed by atoms with Gasteiger partial charge in [0.1, 0.15) is 4.83 Å². The summed E-state index contributed by atoms with van der Waals surface area (Å²) in [7, 11) is 0. The van der Waals surface area contributed by atoms with Crippen molar-refractivity contribution < 1.29 is 0 Å². The Hall–Kier alpha value is -0.960. The molecule has 0 unspecified atom stereocenters. The number of hydrogen-bond acceptors (Lipinski definition) is 3. The molecule has 0 aliphatic carbocycles. The van der Waals surface area contributed by atoms with Crippen molar-refractivity contribution in [1.29, 1.82) is 0 Å². The van der Waals surface area contributed by atoms with Gasteiger partial charge in [0.25, 0.3) is 0 Å². The molecule has 0 amide bonds. The average molecular weight is 135 g/mol. The topological polar surface area (TPSA) is 25.8 Å². The SMILES string of the molecule is [c]1cc2ccnnc2s1. The molecule has 2 rings (SSSR count). The molecule has 0 aliphatic heterocycles. The van der Waals surface area contributed by atoms with E-state index in [0.29, 0.717) is 0 Å². The number of rotatable bonds is 0. The zero-order chi connectivity index (χ0) is 6.10. The van der Waals surface area contributed by atoms with Gasteiger partial charge in [-0.3, -0.25) is 0 Å². The van der Waals surface area contributed by atoms with E-state index in [2.05, 4.69) is 15.6 Å². The minimum atomic E-state index is 0.956. The Kier molecular flexibility index (Phi) is 0.960. The molecular weight excluding hydrogens is 132 g/mol. The molecule has 0 atom stereocenters. The highest BCUT2D eigenvalue weighted by Gasteiger charge is 1.91. The smallest absolute Gasteiger partial charge is 0.146 e. The Balaban J connectivity index is 2.95. The lowest BCUT2D eigenvalue weighted by Gasteiger charge is -1.80. The van der Waals surface area contributed by atoms with E-state index in [4.69, 9.17) is 0 Å². The molecule has 0 N–H and O–H groups in total. The predicted molar refractivity (Wildman–Crippen MR) is 36.3 cm³/mol. The second kappa shape index (κ2) is 1.77. The summed E-state index contributed by atoms with van der Waals surface area (Å²) < 4.78 is 0. The van der Waals surface area contributed by atoms with E-state index in [1.807, 2.05) is 12.1 Å². The Labute approximate surface area is 56.2 Å². The molecule has 0 aliphatic rings. The van der Waals surface area contributed by atoms with Crippen molar-refractivity contribution in [2.45, 2.75) is 0 Å². The molecule has 43 valence electrons. The van der Waals surface area contributed by atoms with Crippen LogP contribution in [-0.4, -0.2) is 10.2 Å².